The molecule has 3 aliphatic rings. The number of hydrogen-bond donors (Lipinski definition) is 1. The lowest BCUT2D eigenvalue weighted by Crippen LogP contribution is -2.61. The minimum Gasteiger partial charge on any atom is -0.493 e. The van der Waals surface area contributed by atoms with Crippen molar-refractivity contribution in [2.75, 3.05) is 14.2 Å². The molecule has 1 N–H and O–H groups in total. The van der Waals surface area contributed by atoms with Crippen molar-refractivity contribution in [3.63, 3.8) is 0 Å². The second-order valence-electron chi connectivity index (χ2n) is 8.41. The van der Waals surface area contributed by atoms with Gasteiger partial charge < -0.3 is 18.9 Å². The normalized spacial score (nSPS) is 35.0. The first-order chi connectivity index (χ1) is 14.9. The molecule has 8 heteroatoms. The van der Waals surface area contributed by atoms with Crippen molar-refractivity contribution in [3.8, 4) is 29.7 Å². The van der Waals surface area contributed by atoms with E-state index in [4.69, 9.17) is 24.4 Å². The fraction of sp³-hybridized carbons (Fsp3) is 0.565. The van der Waals surface area contributed by atoms with E-state index in [9.17, 15) is 15.8 Å². The standard InChI is InChI=1S/C23H24N4O4/c1-4-14-7-8-23-18(9-14)22(13-26,20(27)31-23)21(11-24,12-25)19(30-23)15-5-6-16(28-2)17(10-15)29-3/h5-6,10,14,18-19,27H,4,7-9H2,1-3H3. The minimum absolute atomic E-state index is 0.316. The molecule has 2 aliphatic heterocycles. The molecule has 1 aromatic carbocycles. The van der Waals surface area contributed by atoms with Crippen LogP contribution >= 0.6 is 0 Å². The van der Waals surface area contributed by atoms with E-state index in [2.05, 4.69) is 25.1 Å². The summed E-state index contributed by atoms with van der Waals surface area (Å²) in [4.78, 5) is 0. The van der Waals surface area contributed by atoms with Gasteiger partial charge in [0.05, 0.1) is 38.3 Å². The first-order valence-electron chi connectivity index (χ1n) is 10.3. The molecule has 31 heavy (non-hydrogen) atoms. The van der Waals surface area contributed by atoms with Gasteiger partial charge >= 0.3 is 0 Å². The summed E-state index contributed by atoms with van der Waals surface area (Å²) < 4.78 is 23.1. The molecule has 0 spiro atoms. The summed E-state index contributed by atoms with van der Waals surface area (Å²) >= 11 is 0. The SMILES string of the molecule is CCC1CCC23OC(=N)C(C#N)(C2C1)C(C#N)(C#N)C(c1ccc(OC)c(OC)c1)O3. The zero-order valence-corrected chi connectivity index (χ0v) is 17.8. The van der Waals surface area contributed by atoms with Gasteiger partial charge in [-0.25, -0.2) is 0 Å². The average Bonchev–Trinajstić information content (AvgIpc) is 3.01. The summed E-state index contributed by atoms with van der Waals surface area (Å²) in [6.45, 7) is 2.08. The second kappa shape index (κ2) is 7.15. The third-order valence-corrected chi connectivity index (χ3v) is 7.31. The highest BCUT2D eigenvalue weighted by Gasteiger charge is 2.80. The Hall–Kier alpha value is -3.28. The van der Waals surface area contributed by atoms with Crippen LogP contribution in [-0.2, 0) is 9.47 Å². The van der Waals surface area contributed by atoms with E-state index < -0.39 is 28.6 Å². The van der Waals surface area contributed by atoms with Gasteiger partial charge in [0.1, 0.15) is 6.10 Å². The Morgan fingerprint density at radius 1 is 1.13 bits per heavy atom. The van der Waals surface area contributed by atoms with Crippen molar-refractivity contribution >= 4 is 5.90 Å². The van der Waals surface area contributed by atoms with Crippen molar-refractivity contribution in [1.29, 1.82) is 21.2 Å². The predicted octanol–water partition coefficient (Wildman–Crippen LogP) is 3.85. The molecule has 160 valence electrons. The maximum Gasteiger partial charge on any atom is 0.217 e. The van der Waals surface area contributed by atoms with E-state index in [0.717, 1.165) is 12.8 Å². The number of rotatable bonds is 4. The van der Waals surface area contributed by atoms with E-state index in [1.807, 2.05) is 0 Å². The maximum atomic E-state index is 10.4. The molecule has 0 amide bonds. The van der Waals surface area contributed by atoms with Gasteiger partial charge in [0.2, 0.25) is 17.1 Å². The van der Waals surface area contributed by atoms with Crippen LogP contribution in [0.3, 0.4) is 0 Å². The van der Waals surface area contributed by atoms with Crippen molar-refractivity contribution < 1.29 is 18.9 Å². The van der Waals surface area contributed by atoms with Crippen LogP contribution in [0.1, 0.15) is 44.3 Å². The summed E-state index contributed by atoms with van der Waals surface area (Å²) in [6, 6.07) is 11.4. The van der Waals surface area contributed by atoms with Gasteiger partial charge in [-0.3, -0.25) is 5.41 Å². The van der Waals surface area contributed by atoms with Gasteiger partial charge in [-0.05, 0) is 36.5 Å². The third kappa shape index (κ3) is 2.44. The smallest absolute Gasteiger partial charge is 0.217 e. The summed E-state index contributed by atoms with van der Waals surface area (Å²) in [5.41, 5.74) is -3.19. The van der Waals surface area contributed by atoms with Gasteiger partial charge in [0, 0.05) is 6.42 Å². The molecule has 4 rings (SSSR count). The number of nitriles is 3. The molecule has 0 radical (unpaired) electrons. The van der Waals surface area contributed by atoms with Crippen molar-refractivity contribution in [2.24, 2.45) is 22.7 Å². The van der Waals surface area contributed by atoms with Crippen LogP contribution in [-0.4, -0.2) is 25.9 Å². The van der Waals surface area contributed by atoms with Crippen molar-refractivity contribution in [3.05, 3.63) is 23.8 Å². The van der Waals surface area contributed by atoms with Gasteiger partial charge in [0.15, 0.2) is 16.9 Å². The van der Waals surface area contributed by atoms with Crippen LogP contribution in [0.15, 0.2) is 18.2 Å². The first kappa shape index (κ1) is 21.0. The second-order valence-corrected chi connectivity index (χ2v) is 8.41. The molecule has 3 fully saturated rings. The number of hydrogen-bond acceptors (Lipinski definition) is 8. The van der Waals surface area contributed by atoms with E-state index >= 15 is 0 Å². The maximum absolute atomic E-state index is 10.4. The summed E-state index contributed by atoms with van der Waals surface area (Å²) in [5, 5.41) is 39.7. The molecule has 8 nitrogen and oxygen atoms in total. The van der Waals surface area contributed by atoms with Crippen molar-refractivity contribution in [2.45, 2.75) is 44.5 Å². The van der Waals surface area contributed by atoms with Crippen LogP contribution < -0.4 is 9.47 Å². The topological polar surface area (TPSA) is 132 Å². The quantitative estimate of drug-likeness (QED) is 0.782. The Labute approximate surface area is 181 Å². The van der Waals surface area contributed by atoms with Gasteiger partial charge in [-0.1, -0.05) is 19.4 Å². The fourth-order valence-electron chi connectivity index (χ4n) is 5.60. The Kier molecular flexibility index (Phi) is 4.84. The molecule has 5 unspecified atom stereocenters. The highest BCUT2D eigenvalue weighted by atomic mass is 16.7. The van der Waals surface area contributed by atoms with E-state index in [1.165, 1.54) is 14.2 Å². The van der Waals surface area contributed by atoms with E-state index in [1.54, 1.807) is 18.2 Å². The molecule has 0 aromatic heterocycles. The number of nitrogens with one attached hydrogen (secondary N) is 1. The Balaban J connectivity index is 1.95. The Morgan fingerprint density at radius 2 is 1.84 bits per heavy atom. The largest absolute Gasteiger partial charge is 0.493 e. The monoisotopic (exact) mass is 420 g/mol. The van der Waals surface area contributed by atoms with E-state index in [0.29, 0.717) is 35.8 Å². The van der Waals surface area contributed by atoms with Crippen molar-refractivity contribution in [1.82, 2.24) is 0 Å². The molecule has 2 heterocycles. The molecule has 1 saturated carbocycles. The molecule has 2 bridgehead atoms. The van der Waals surface area contributed by atoms with Crippen LogP contribution in [0.25, 0.3) is 0 Å². The highest BCUT2D eigenvalue weighted by molar-refractivity contribution is 5.89. The van der Waals surface area contributed by atoms with Crippen LogP contribution in [0.2, 0.25) is 0 Å². The summed E-state index contributed by atoms with van der Waals surface area (Å²) in [7, 11) is 3.00. The molecular formula is C23H24N4O4. The first-order valence-corrected chi connectivity index (χ1v) is 10.3. The van der Waals surface area contributed by atoms with Gasteiger partial charge in [0.25, 0.3) is 0 Å². The zero-order chi connectivity index (χ0) is 22.4. The number of nitrogens with zero attached hydrogens (tertiary/aromatic N) is 3. The molecular weight excluding hydrogens is 396 g/mol. The number of methoxy groups -OCH3 is 2. The minimum atomic E-state index is -1.96. The Morgan fingerprint density at radius 3 is 2.42 bits per heavy atom. The molecule has 1 aromatic rings. The number of benzene rings is 1. The lowest BCUT2D eigenvalue weighted by Gasteiger charge is -2.52. The van der Waals surface area contributed by atoms with Crippen LogP contribution in [0, 0.1) is 62.1 Å². The Bertz CT molecular complexity index is 1040. The molecule has 1 aliphatic carbocycles. The lowest BCUT2D eigenvalue weighted by molar-refractivity contribution is -0.299. The summed E-state index contributed by atoms with van der Waals surface area (Å²) in [6.07, 6.45) is 1.70. The average molecular weight is 420 g/mol. The van der Waals surface area contributed by atoms with Gasteiger partial charge in [-0.15, -0.1) is 0 Å². The highest BCUT2D eigenvalue weighted by Crippen LogP contribution is 2.70. The van der Waals surface area contributed by atoms with E-state index in [-0.39, 0.29) is 5.90 Å². The fourth-order valence-corrected chi connectivity index (χ4v) is 5.60. The van der Waals surface area contributed by atoms with Crippen LogP contribution in [0.5, 0.6) is 11.5 Å². The predicted molar refractivity (Wildman–Crippen MR) is 108 cm³/mol. The molecule has 5 atom stereocenters. The number of ether oxygens (including phenoxy) is 4. The third-order valence-electron chi connectivity index (χ3n) is 7.31. The van der Waals surface area contributed by atoms with Gasteiger partial charge in [-0.2, -0.15) is 15.8 Å². The lowest BCUT2D eigenvalue weighted by atomic mass is 9.50. The van der Waals surface area contributed by atoms with Crippen LogP contribution in [0.4, 0.5) is 0 Å². The molecule has 2 saturated heterocycles. The zero-order valence-electron chi connectivity index (χ0n) is 17.8. The summed E-state index contributed by atoms with van der Waals surface area (Å²) in [5.74, 6) is -0.889.